The van der Waals surface area contributed by atoms with E-state index < -0.39 is 0 Å². The number of hydrogen-bond acceptors (Lipinski definition) is 4. The zero-order chi connectivity index (χ0) is 10.3. The first-order valence-corrected chi connectivity index (χ1v) is 4.03. The molecule has 0 aromatic heterocycles. The fourth-order valence-electron chi connectivity index (χ4n) is 0.575. The number of nitrogens with zero attached hydrogens (tertiary/aromatic N) is 3. The molecule has 0 rings (SSSR count). The van der Waals surface area contributed by atoms with Gasteiger partial charge >= 0.3 is 0 Å². The molecule has 0 heterocycles. The summed E-state index contributed by atoms with van der Waals surface area (Å²) < 4.78 is 0. The molecule has 0 aliphatic rings. The van der Waals surface area contributed by atoms with Gasteiger partial charge in [0.1, 0.15) is 0 Å². The quantitative estimate of drug-likeness (QED) is 0.515. The molecule has 13 heavy (non-hydrogen) atoms. The van der Waals surface area contributed by atoms with Crippen LogP contribution in [0.2, 0.25) is 0 Å². The third-order valence-electron chi connectivity index (χ3n) is 1.60. The van der Waals surface area contributed by atoms with Crippen molar-refractivity contribution in [1.29, 1.82) is 0 Å². The molecule has 0 amide bonds. The number of rotatable bonds is 4. The number of aliphatic imine (C=N–C) groups is 1. The molecule has 0 aliphatic carbocycles. The van der Waals surface area contributed by atoms with Gasteiger partial charge in [0.2, 0.25) is 0 Å². The molecule has 1 atom stereocenters. The van der Waals surface area contributed by atoms with Crippen molar-refractivity contribution in [2.45, 2.75) is 26.8 Å². The van der Waals surface area contributed by atoms with Gasteiger partial charge in [-0.25, -0.2) is 0 Å². The van der Waals surface area contributed by atoms with Crippen LogP contribution < -0.4 is 5.73 Å². The van der Waals surface area contributed by atoms with Gasteiger partial charge in [-0.15, -0.1) is 0 Å². The van der Waals surface area contributed by atoms with E-state index in [0.29, 0.717) is 0 Å². The number of allylic oxidation sites excluding steroid dienone is 1. The summed E-state index contributed by atoms with van der Waals surface area (Å²) in [7, 11) is 0. The van der Waals surface area contributed by atoms with Crippen molar-refractivity contribution in [2.24, 2.45) is 20.9 Å². The Balaban J connectivity index is 4.30. The van der Waals surface area contributed by atoms with E-state index in [1.165, 1.54) is 6.20 Å². The van der Waals surface area contributed by atoms with Crippen molar-refractivity contribution in [3.05, 3.63) is 11.8 Å². The molecule has 0 aromatic rings. The summed E-state index contributed by atoms with van der Waals surface area (Å²) in [6.45, 7) is 8.95. The summed E-state index contributed by atoms with van der Waals surface area (Å²) in [4.78, 5) is 4.22. The fourth-order valence-corrected chi connectivity index (χ4v) is 0.575. The van der Waals surface area contributed by atoms with Crippen LogP contribution in [-0.2, 0) is 0 Å². The highest BCUT2D eigenvalue weighted by atomic mass is 15.2. The molecule has 0 saturated carbocycles. The normalized spacial score (nSPS) is 16.2. The van der Waals surface area contributed by atoms with Crippen molar-refractivity contribution in [3.8, 4) is 0 Å². The predicted octanol–water partition coefficient (Wildman–Crippen LogP) is 1.38. The summed E-state index contributed by atoms with van der Waals surface area (Å²) in [6, 6.07) is 0.0143. The first-order chi connectivity index (χ1) is 6.11. The van der Waals surface area contributed by atoms with Crippen LogP contribution in [0.1, 0.15) is 20.8 Å². The second-order valence-electron chi connectivity index (χ2n) is 2.75. The Bertz CT molecular complexity index is 250. The van der Waals surface area contributed by atoms with Gasteiger partial charge in [0.25, 0.3) is 0 Å². The monoisotopic (exact) mass is 180 g/mol. The van der Waals surface area contributed by atoms with Crippen molar-refractivity contribution < 1.29 is 0 Å². The Hall–Kier alpha value is -1.45. The van der Waals surface area contributed by atoms with Crippen LogP contribution in [0, 0.1) is 0 Å². The molecular formula is C9H16N4. The minimum absolute atomic E-state index is 0.0143. The molecule has 1 unspecified atom stereocenters. The Kier molecular flexibility index (Phi) is 5.43. The van der Waals surface area contributed by atoms with E-state index in [2.05, 4.69) is 21.9 Å². The summed E-state index contributed by atoms with van der Waals surface area (Å²) in [5.74, 6) is 0. The average Bonchev–Trinajstić information content (AvgIpc) is 2.13. The minimum Gasteiger partial charge on any atom is -0.404 e. The van der Waals surface area contributed by atoms with Crippen molar-refractivity contribution in [3.63, 3.8) is 0 Å². The van der Waals surface area contributed by atoms with Crippen LogP contribution in [0.3, 0.4) is 0 Å². The van der Waals surface area contributed by atoms with E-state index in [1.807, 2.05) is 20.8 Å². The van der Waals surface area contributed by atoms with E-state index in [9.17, 15) is 0 Å². The minimum atomic E-state index is 0.0143. The Morgan fingerprint density at radius 1 is 1.46 bits per heavy atom. The lowest BCUT2D eigenvalue weighted by atomic mass is 10.2. The maximum absolute atomic E-state index is 5.28. The highest BCUT2D eigenvalue weighted by Crippen LogP contribution is 1.95. The SMILES string of the molecule is C=N/N=C(\C)C(C)/N=C\C(C)=C/N. The first kappa shape index (κ1) is 11.6. The van der Waals surface area contributed by atoms with Crippen LogP contribution in [-0.4, -0.2) is 24.7 Å². The predicted molar refractivity (Wildman–Crippen MR) is 58.6 cm³/mol. The third-order valence-corrected chi connectivity index (χ3v) is 1.60. The van der Waals surface area contributed by atoms with Gasteiger partial charge in [-0.3, -0.25) is 4.99 Å². The van der Waals surface area contributed by atoms with E-state index in [4.69, 9.17) is 5.73 Å². The Labute approximate surface area is 79.0 Å². The first-order valence-electron chi connectivity index (χ1n) is 4.03. The summed E-state index contributed by atoms with van der Waals surface area (Å²) in [6.07, 6.45) is 3.22. The standard InChI is InChI=1S/C9H16N4/c1-7(5-10)6-12-8(2)9(3)13-11-4/h5-6,8H,4,10H2,1-3H3/b7-5-,12-6-,13-9+. The lowest BCUT2D eigenvalue weighted by Crippen LogP contribution is -2.10. The van der Waals surface area contributed by atoms with Gasteiger partial charge in [-0.05, 0) is 32.5 Å². The Morgan fingerprint density at radius 3 is 2.54 bits per heavy atom. The van der Waals surface area contributed by atoms with Crippen molar-refractivity contribution >= 4 is 18.6 Å². The van der Waals surface area contributed by atoms with Crippen LogP contribution in [0.4, 0.5) is 0 Å². The lowest BCUT2D eigenvalue weighted by Gasteiger charge is -2.02. The smallest absolute Gasteiger partial charge is 0.0868 e. The van der Waals surface area contributed by atoms with Crippen LogP contribution in [0.15, 0.2) is 27.0 Å². The molecule has 0 saturated heterocycles. The molecule has 0 aliphatic heterocycles. The van der Waals surface area contributed by atoms with E-state index in [0.717, 1.165) is 11.3 Å². The van der Waals surface area contributed by atoms with Crippen molar-refractivity contribution in [2.75, 3.05) is 0 Å². The third kappa shape index (κ3) is 4.90. The maximum Gasteiger partial charge on any atom is 0.0868 e. The second-order valence-corrected chi connectivity index (χ2v) is 2.75. The summed E-state index contributed by atoms with van der Waals surface area (Å²) >= 11 is 0. The van der Waals surface area contributed by atoms with E-state index in [1.54, 1.807) is 6.21 Å². The largest absolute Gasteiger partial charge is 0.404 e. The molecule has 0 fully saturated rings. The van der Waals surface area contributed by atoms with Crippen LogP contribution in [0.25, 0.3) is 0 Å². The number of hydrogen-bond donors (Lipinski definition) is 1. The molecule has 4 nitrogen and oxygen atoms in total. The molecule has 2 N–H and O–H groups in total. The van der Waals surface area contributed by atoms with Gasteiger partial charge in [-0.1, -0.05) is 0 Å². The molecule has 72 valence electrons. The van der Waals surface area contributed by atoms with Gasteiger partial charge in [0.05, 0.1) is 11.8 Å². The van der Waals surface area contributed by atoms with Crippen LogP contribution in [0.5, 0.6) is 0 Å². The van der Waals surface area contributed by atoms with Gasteiger partial charge < -0.3 is 5.73 Å². The maximum atomic E-state index is 5.28. The van der Waals surface area contributed by atoms with Gasteiger partial charge in [0, 0.05) is 12.9 Å². The molecule has 4 heteroatoms. The van der Waals surface area contributed by atoms with Gasteiger partial charge in [-0.2, -0.15) is 10.2 Å². The zero-order valence-electron chi connectivity index (χ0n) is 8.36. The zero-order valence-corrected chi connectivity index (χ0v) is 8.36. The summed E-state index contributed by atoms with van der Waals surface area (Å²) in [5, 5.41) is 7.22. The fraction of sp³-hybridized carbons (Fsp3) is 0.444. The highest BCUT2D eigenvalue weighted by molar-refractivity contribution is 5.89. The lowest BCUT2D eigenvalue weighted by molar-refractivity contribution is 0.960. The average molecular weight is 180 g/mol. The number of nitrogens with two attached hydrogens (primary N) is 1. The van der Waals surface area contributed by atoms with E-state index in [-0.39, 0.29) is 6.04 Å². The molecule has 0 spiro atoms. The van der Waals surface area contributed by atoms with Crippen molar-refractivity contribution in [1.82, 2.24) is 0 Å². The topological polar surface area (TPSA) is 63.1 Å². The summed E-state index contributed by atoms with van der Waals surface area (Å²) in [5.41, 5.74) is 7.03. The molecule has 0 aromatic carbocycles. The molecule has 0 bridgehead atoms. The Morgan fingerprint density at radius 2 is 2.08 bits per heavy atom. The molecular weight excluding hydrogens is 164 g/mol. The molecule has 0 radical (unpaired) electrons. The highest BCUT2D eigenvalue weighted by Gasteiger charge is 2.00. The van der Waals surface area contributed by atoms with Crippen LogP contribution >= 0.6 is 0 Å². The van der Waals surface area contributed by atoms with Gasteiger partial charge in [0.15, 0.2) is 0 Å². The second kappa shape index (κ2) is 6.11. The van der Waals surface area contributed by atoms with E-state index >= 15 is 0 Å².